The van der Waals surface area contributed by atoms with Crippen LogP contribution in [0.25, 0.3) is 5.69 Å². The van der Waals surface area contributed by atoms with Crippen molar-refractivity contribution in [2.24, 2.45) is 0 Å². The van der Waals surface area contributed by atoms with Gasteiger partial charge in [0.15, 0.2) is 5.78 Å². The van der Waals surface area contributed by atoms with Crippen molar-refractivity contribution in [3.05, 3.63) is 34.9 Å². The zero-order valence-corrected chi connectivity index (χ0v) is 12.1. The van der Waals surface area contributed by atoms with Gasteiger partial charge in [0.1, 0.15) is 17.6 Å². The fraction of sp³-hybridized carbons (Fsp3) is 0.385. The SMILES string of the molecule is O=C1C[C@H](n2nnn(-c3ccccc3F)c2=S)[C@H]2CO[C@H]1O2. The molecule has 0 spiro atoms. The van der Waals surface area contributed by atoms with Crippen LogP contribution in [-0.2, 0) is 14.3 Å². The molecule has 22 heavy (non-hydrogen) atoms. The van der Waals surface area contributed by atoms with E-state index < -0.39 is 12.1 Å². The Morgan fingerprint density at radius 2 is 2.14 bits per heavy atom. The highest BCUT2D eigenvalue weighted by molar-refractivity contribution is 7.71. The number of tetrazole rings is 1. The molecule has 114 valence electrons. The van der Waals surface area contributed by atoms with E-state index in [1.54, 1.807) is 18.2 Å². The second-order valence-electron chi connectivity index (χ2n) is 5.15. The first-order valence-corrected chi connectivity index (χ1v) is 7.15. The van der Waals surface area contributed by atoms with Crippen molar-refractivity contribution in [3.63, 3.8) is 0 Å². The van der Waals surface area contributed by atoms with E-state index in [1.807, 2.05) is 0 Å². The molecule has 2 aliphatic heterocycles. The second kappa shape index (κ2) is 5.04. The Kier molecular flexibility index (Phi) is 3.13. The molecule has 3 heterocycles. The number of nitrogens with zero attached hydrogens (tertiary/aromatic N) is 4. The molecule has 0 radical (unpaired) electrons. The van der Waals surface area contributed by atoms with Gasteiger partial charge in [-0.2, -0.15) is 4.68 Å². The first kappa shape index (κ1) is 13.7. The van der Waals surface area contributed by atoms with Crippen molar-refractivity contribution >= 4 is 18.0 Å². The summed E-state index contributed by atoms with van der Waals surface area (Å²) in [6.07, 6.45) is -0.878. The molecule has 0 saturated carbocycles. The maximum absolute atomic E-state index is 13.9. The molecule has 0 N–H and O–H groups in total. The number of carbonyl (C=O) groups is 1. The van der Waals surface area contributed by atoms with Gasteiger partial charge in [0.25, 0.3) is 0 Å². The minimum absolute atomic E-state index is 0.152. The van der Waals surface area contributed by atoms with Gasteiger partial charge in [0.05, 0.1) is 12.6 Å². The Morgan fingerprint density at radius 3 is 2.95 bits per heavy atom. The fourth-order valence-electron chi connectivity index (χ4n) is 2.71. The molecular weight excluding hydrogens is 311 g/mol. The number of aromatic nitrogens is 4. The summed E-state index contributed by atoms with van der Waals surface area (Å²) in [6, 6.07) is 5.75. The lowest BCUT2D eigenvalue weighted by Gasteiger charge is -2.25. The van der Waals surface area contributed by atoms with Crippen molar-refractivity contribution in [2.75, 3.05) is 6.61 Å². The quantitative estimate of drug-likeness (QED) is 0.774. The van der Waals surface area contributed by atoms with Crippen LogP contribution in [0.2, 0.25) is 0 Å². The maximum Gasteiger partial charge on any atom is 0.221 e. The van der Waals surface area contributed by atoms with Gasteiger partial charge in [-0.25, -0.2) is 9.07 Å². The first-order valence-electron chi connectivity index (χ1n) is 6.74. The standard InChI is InChI=1S/C13H11FN4O3S/c14-7-3-1-2-4-8(7)17-13(22)18(16-15-17)9-5-10(19)12-20-6-11(9)21-12/h1-4,9,11-12H,5-6H2/t9-,11+,12-/m0/s1. The molecule has 2 fully saturated rings. The molecule has 4 rings (SSSR count). The predicted molar refractivity (Wildman–Crippen MR) is 73.4 cm³/mol. The topological polar surface area (TPSA) is 71.2 Å². The molecule has 2 aliphatic rings. The van der Waals surface area contributed by atoms with E-state index >= 15 is 0 Å². The maximum atomic E-state index is 13.9. The highest BCUT2D eigenvalue weighted by Gasteiger charge is 2.45. The zero-order valence-electron chi connectivity index (χ0n) is 11.3. The Bertz CT molecular complexity index is 805. The molecular formula is C13H11FN4O3S. The number of fused-ring (bicyclic) bond motifs is 2. The fourth-order valence-corrected chi connectivity index (χ4v) is 3.01. The molecule has 2 saturated heterocycles. The summed E-state index contributed by atoms with van der Waals surface area (Å²) in [4.78, 5) is 11.9. The number of ketones is 1. The van der Waals surface area contributed by atoms with Crippen molar-refractivity contribution in [1.29, 1.82) is 0 Å². The van der Waals surface area contributed by atoms with E-state index in [9.17, 15) is 9.18 Å². The van der Waals surface area contributed by atoms with Gasteiger partial charge in [-0.15, -0.1) is 0 Å². The third kappa shape index (κ3) is 2.01. The summed E-state index contributed by atoms with van der Waals surface area (Å²) >= 11 is 5.33. The number of hydrogen-bond acceptors (Lipinski definition) is 6. The van der Waals surface area contributed by atoms with E-state index in [4.69, 9.17) is 21.7 Å². The lowest BCUT2D eigenvalue weighted by molar-refractivity contribution is -0.156. The Labute approximate surface area is 129 Å². The van der Waals surface area contributed by atoms with Crippen LogP contribution in [0.15, 0.2) is 24.3 Å². The van der Waals surface area contributed by atoms with Crippen LogP contribution in [0.4, 0.5) is 4.39 Å². The minimum atomic E-state index is -0.781. The normalized spacial score (nSPS) is 27.3. The number of ether oxygens (including phenoxy) is 2. The molecule has 0 amide bonds. The third-order valence-electron chi connectivity index (χ3n) is 3.81. The van der Waals surface area contributed by atoms with Crippen LogP contribution in [0.5, 0.6) is 0 Å². The molecule has 3 atom stereocenters. The molecule has 2 aromatic rings. The number of benzene rings is 1. The lowest BCUT2D eigenvalue weighted by Crippen LogP contribution is -2.37. The number of carbonyl (C=O) groups excluding carboxylic acids is 1. The first-order chi connectivity index (χ1) is 10.6. The highest BCUT2D eigenvalue weighted by atomic mass is 32.1. The second-order valence-corrected chi connectivity index (χ2v) is 5.51. The van der Waals surface area contributed by atoms with Crippen molar-refractivity contribution < 1.29 is 18.7 Å². The van der Waals surface area contributed by atoms with Gasteiger partial charge in [0.2, 0.25) is 11.1 Å². The van der Waals surface area contributed by atoms with Gasteiger partial charge in [-0.1, -0.05) is 12.1 Å². The third-order valence-corrected chi connectivity index (χ3v) is 4.17. The summed E-state index contributed by atoms with van der Waals surface area (Å²) in [5, 5.41) is 7.89. The predicted octanol–water partition coefficient (Wildman–Crippen LogP) is 1.19. The number of para-hydroxylation sites is 1. The number of rotatable bonds is 2. The summed E-state index contributed by atoms with van der Waals surface area (Å²) < 4.78 is 27.5. The highest BCUT2D eigenvalue weighted by Crippen LogP contribution is 2.32. The van der Waals surface area contributed by atoms with Crippen molar-refractivity contribution in [1.82, 2.24) is 19.8 Å². The number of hydrogen-bond donors (Lipinski definition) is 0. The van der Waals surface area contributed by atoms with Crippen LogP contribution in [0.1, 0.15) is 12.5 Å². The zero-order chi connectivity index (χ0) is 15.3. The molecule has 1 aromatic carbocycles. The summed E-state index contributed by atoms with van der Waals surface area (Å²) in [5.41, 5.74) is 0.211. The monoisotopic (exact) mass is 322 g/mol. The average molecular weight is 322 g/mol. The van der Waals surface area contributed by atoms with Gasteiger partial charge in [-0.3, -0.25) is 4.79 Å². The summed E-state index contributed by atoms with van der Waals surface area (Å²) in [6.45, 7) is 0.301. The summed E-state index contributed by atoms with van der Waals surface area (Å²) in [7, 11) is 0. The van der Waals surface area contributed by atoms with Crippen LogP contribution >= 0.6 is 12.2 Å². The number of halogens is 1. The molecule has 0 aliphatic carbocycles. The summed E-state index contributed by atoms with van der Waals surface area (Å²) in [5.74, 6) is -0.605. The average Bonchev–Trinajstić information content (AvgIpc) is 3.10. The van der Waals surface area contributed by atoms with Gasteiger partial charge in [0, 0.05) is 6.42 Å². The Morgan fingerprint density at radius 1 is 1.32 bits per heavy atom. The van der Waals surface area contributed by atoms with Crippen LogP contribution in [-0.4, -0.2) is 44.6 Å². The molecule has 9 heteroatoms. The van der Waals surface area contributed by atoms with E-state index in [0.29, 0.717) is 6.61 Å². The van der Waals surface area contributed by atoms with Gasteiger partial charge < -0.3 is 9.47 Å². The Balaban J connectivity index is 1.75. The van der Waals surface area contributed by atoms with Crippen LogP contribution in [0, 0.1) is 10.6 Å². The molecule has 1 aromatic heterocycles. The van der Waals surface area contributed by atoms with Gasteiger partial charge in [-0.05, 0) is 34.8 Å². The largest absolute Gasteiger partial charge is 0.343 e. The van der Waals surface area contributed by atoms with Crippen LogP contribution in [0.3, 0.4) is 0 Å². The number of Topliss-reactive ketones (excluding diaryl/α,β-unsaturated/α-hetero) is 1. The van der Waals surface area contributed by atoms with Crippen molar-refractivity contribution in [3.8, 4) is 5.69 Å². The van der Waals surface area contributed by atoms with E-state index in [0.717, 1.165) is 0 Å². The minimum Gasteiger partial charge on any atom is -0.343 e. The van der Waals surface area contributed by atoms with Crippen LogP contribution < -0.4 is 0 Å². The molecule has 2 bridgehead atoms. The lowest BCUT2D eigenvalue weighted by atomic mass is 10.0. The van der Waals surface area contributed by atoms with E-state index in [1.165, 1.54) is 15.4 Å². The Hall–Kier alpha value is -1.97. The smallest absolute Gasteiger partial charge is 0.221 e. The molecule has 7 nitrogen and oxygen atoms in total. The van der Waals surface area contributed by atoms with E-state index in [-0.39, 0.29) is 34.8 Å². The van der Waals surface area contributed by atoms with Gasteiger partial charge >= 0.3 is 0 Å². The molecule has 0 unspecified atom stereocenters. The van der Waals surface area contributed by atoms with E-state index in [2.05, 4.69) is 10.4 Å². The van der Waals surface area contributed by atoms with Crippen molar-refractivity contribution in [2.45, 2.75) is 24.9 Å².